The van der Waals surface area contributed by atoms with Crippen LogP contribution in [-0.2, 0) is 17.8 Å². The van der Waals surface area contributed by atoms with Crippen molar-refractivity contribution in [3.05, 3.63) is 69.4 Å². The van der Waals surface area contributed by atoms with Gasteiger partial charge in [-0.05, 0) is 72.9 Å². The average molecular weight is 455 g/mol. The largest absolute Gasteiger partial charge is 0.467 e. The molecule has 1 aliphatic heterocycles. The predicted octanol–water partition coefficient (Wildman–Crippen LogP) is 2.95. The average Bonchev–Trinajstić information content (AvgIpc) is 3.31. The van der Waals surface area contributed by atoms with Crippen LogP contribution in [0.2, 0.25) is 0 Å². The van der Waals surface area contributed by atoms with Gasteiger partial charge >= 0.3 is 0 Å². The van der Waals surface area contributed by atoms with Crippen LogP contribution in [0.5, 0.6) is 0 Å². The number of furan rings is 1. The molecule has 3 heterocycles. The molecule has 1 saturated heterocycles. The Hall–Kier alpha value is -2.68. The van der Waals surface area contributed by atoms with Crippen LogP contribution in [0.4, 0.5) is 0 Å². The number of aromatic amines is 1. The molecule has 170 valence electrons. The first-order valence-corrected chi connectivity index (χ1v) is 11.4. The van der Waals surface area contributed by atoms with E-state index in [-0.39, 0.29) is 5.56 Å². The van der Waals surface area contributed by atoms with E-state index in [0.29, 0.717) is 30.3 Å². The molecule has 8 heteroatoms. The van der Waals surface area contributed by atoms with E-state index < -0.39 is 0 Å². The Morgan fingerprint density at radius 2 is 2.00 bits per heavy atom. The molecule has 0 amide bonds. The van der Waals surface area contributed by atoms with Gasteiger partial charge in [-0.25, -0.2) is 0 Å². The van der Waals surface area contributed by atoms with Gasteiger partial charge in [0.1, 0.15) is 5.76 Å². The molecule has 0 atom stereocenters. The SMILES string of the molecule is Cc1cc2cc(CN(CCN3CCOCC3)C(=S)NCc3ccco3)c(=O)[nH]c2cc1C. The smallest absolute Gasteiger partial charge is 0.253 e. The minimum absolute atomic E-state index is 0.0778. The number of H-pyrrole nitrogens is 1. The first kappa shape index (κ1) is 22.5. The monoisotopic (exact) mass is 454 g/mol. The number of rotatable bonds is 7. The number of morpholine rings is 1. The third kappa shape index (κ3) is 5.56. The fourth-order valence-corrected chi connectivity index (χ4v) is 4.10. The zero-order valence-electron chi connectivity index (χ0n) is 18.6. The van der Waals surface area contributed by atoms with Gasteiger partial charge < -0.3 is 24.4 Å². The number of fused-ring (bicyclic) bond motifs is 1. The summed E-state index contributed by atoms with van der Waals surface area (Å²) >= 11 is 5.71. The first-order chi connectivity index (χ1) is 15.5. The van der Waals surface area contributed by atoms with E-state index in [1.165, 1.54) is 5.56 Å². The number of nitrogens with zero attached hydrogens (tertiary/aromatic N) is 2. The van der Waals surface area contributed by atoms with Crippen molar-refractivity contribution in [3.63, 3.8) is 0 Å². The van der Waals surface area contributed by atoms with Crippen molar-refractivity contribution < 1.29 is 9.15 Å². The predicted molar refractivity (Wildman–Crippen MR) is 130 cm³/mol. The molecular formula is C24H30N4O3S. The second-order valence-electron chi connectivity index (χ2n) is 8.26. The van der Waals surface area contributed by atoms with E-state index in [4.69, 9.17) is 21.4 Å². The summed E-state index contributed by atoms with van der Waals surface area (Å²) in [6, 6.07) is 9.90. The van der Waals surface area contributed by atoms with Gasteiger partial charge in [-0.3, -0.25) is 9.69 Å². The Bertz CT molecular complexity index is 1120. The van der Waals surface area contributed by atoms with Crippen molar-refractivity contribution >= 4 is 28.2 Å². The summed E-state index contributed by atoms with van der Waals surface area (Å²) in [4.78, 5) is 20.3. The molecule has 1 aliphatic rings. The van der Waals surface area contributed by atoms with E-state index in [9.17, 15) is 4.79 Å². The number of pyridine rings is 1. The third-order valence-corrected chi connectivity index (χ3v) is 6.37. The number of hydrogen-bond donors (Lipinski definition) is 2. The lowest BCUT2D eigenvalue weighted by Crippen LogP contribution is -2.46. The summed E-state index contributed by atoms with van der Waals surface area (Å²) in [5, 5.41) is 4.91. The first-order valence-electron chi connectivity index (χ1n) is 11.0. The molecule has 0 spiro atoms. The van der Waals surface area contributed by atoms with E-state index in [1.54, 1.807) is 6.26 Å². The maximum absolute atomic E-state index is 12.9. The minimum atomic E-state index is -0.0778. The Morgan fingerprint density at radius 1 is 1.22 bits per heavy atom. The van der Waals surface area contributed by atoms with Crippen molar-refractivity contribution in [1.29, 1.82) is 0 Å². The summed E-state index contributed by atoms with van der Waals surface area (Å²) in [5.41, 5.74) is 3.85. The fourth-order valence-electron chi connectivity index (χ4n) is 3.87. The zero-order chi connectivity index (χ0) is 22.5. The number of aryl methyl sites for hydroxylation is 2. The van der Waals surface area contributed by atoms with Crippen molar-refractivity contribution in [2.24, 2.45) is 0 Å². The maximum atomic E-state index is 12.9. The fraction of sp³-hybridized carbons (Fsp3) is 0.417. The van der Waals surface area contributed by atoms with Crippen LogP contribution in [0.15, 0.2) is 45.8 Å². The lowest BCUT2D eigenvalue weighted by molar-refractivity contribution is 0.0357. The number of benzene rings is 1. The number of ether oxygens (including phenoxy) is 1. The highest BCUT2D eigenvalue weighted by atomic mass is 32.1. The molecule has 2 N–H and O–H groups in total. The van der Waals surface area contributed by atoms with Gasteiger partial charge in [0.05, 0.1) is 32.6 Å². The Kier molecular flexibility index (Phi) is 7.24. The highest BCUT2D eigenvalue weighted by Gasteiger charge is 2.17. The molecule has 7 nitrogen and oxygen atoms in total. The van der Waals surface area contributed by atoms with E-state index >= 15 is 0 Å². The molecule has 1 fully saturated rings. The van der Waals surface area contributed by atoms with Gasteiger partial charge in [-0.1, -0.05) is 0 Å². The van der Waals surface area contributed by atoms with E-state index in [0.717, 1.165) is 55.1 Å². The van der Waals surface area contributed by atoms with Crippen molar-refractivity contribution in [2.45, 2.75) is 26.9 Å². The molecule has 0 radical (unpaired) electrons. The van der Waals surface area contributed by atoms with Crippen molar-refractivity contribution in [2.75, 3.05) is 39.4 Å². The molecule has 0 unspecified atom stereocenters. The molecule has 0 bridgehead atoms. The number of thiocarbonyl (C=S) groups is 1. The highest BCUT2D eigenvalue weighted by Crippen LogP contribution is 2.18. The van der Waals surface area contributed by atoms with Gasteiger partial charge in [0.2, 0.25) is 0 Å². The van der Waals surface area contributed by atoms with Gasteiger partial charge in [0.15, 0.2) is 5.11 Å². The number of nitrogens with one attached hydrogen (secondary N) is 2. The Morgan fingerprint density at radius 3 is 2.75 bits per heavy atom. The second-order valence-corrected chi connectivity index (χ2v) is 8.65. The summed E-state index contributed by atoms with van der Waals surface area (Å²) in [7, 11) is 0. The minimum Gasteiger partial charge on any atom is -0.467 e. The Balaban J connectivity index is 1.52. The molecular weight excluding hydrogens is 424 g/mol. The molecule has 3 aromatic rings. The molecule has 0 saturated carbocycles. The van der Waals surface area contributed by atoms with E-state index in [2.05, 4.69) is 40.0 Å². The normalized spacial score (nSPS) is 14.6. The molecule has 32 heavy (non-hydrogen) atoms. The Labute approximate surface area is 193 Å². The van der Waals surface area contributed by atoms with Crippen molar-refractivity contribution in [1.82, 2.24) is 20.1 Å². The lowest BCUT2D eigenvalue weighted by atomic mass is 10.0. The molecule has 1 aromatic carbocycles. The maximum Gasteiger partial charge on any atom is 0.253 e. The van der Waals surface area contributed by atoms with Crippen molar-refractivity contribution in [3.8, 4) is 0 Å². The van der Waals surface area contributed by atoms with Gasteiger partial charge in [0.25, 0.3) is 5.56 Å². The summed E-state index contributed by atoms with van der Waals surface area (Å²) < 4.78 is 10.9. The third-order valence-electron chi connectivity index (χ3n) is 5.97. The highest BCUT2D eigenvalue weighted by molar-refractivity contribution is 7.80. The van der Waals surface area contributed by atoms with Crippen LogP contribution in [0.25, 0.3) is 10.9 Å². The van der Waals surface area contributed by atoms with Crippen LogP contribution in [-0.4, -0.2) is 59.3 Å². The van der Waals surface area contributed by atoms with Crippen LogP contribution in [0.1, 0.15) is 22.5 Å². The van der Waals surface area contributed by atoms with Gasteiger partial charge in [-0.2, -0.15) is 0 Å². The number of aromatic nitrogens is 1. The zero-order valence-corrected chi connectivity index (χ0v) is 19.5. The molecule has 2 aromatic heterocycles. The van der Waals surface area contributed by atoms with E-state index in [1.807, 2.05) is 24.3 Å². The number of hydrogen-bond acceptors (Lipinski definition) is 5. The summed E-state index contributed by atoms with van der Waals surface area (Å²) in [5.74, 6) is 0.815. The topological polar surface area (TPSA) is 73.7 Å². The molecule has 4 rings (SSSR count). The quantitative estimate of drug-likeness (QED) is 0.532. The second kappa shape index (κ2) is 10.3. The summed E-state index contributed by atoms with van der Waals surface area (Å²) in [6.07, 6.45) is 1.65. The summed E-state index contributed by atoms with van der Waals surface area (Å²) in [6.45, 7) is 9.99. The molecule has 0 aliphatic carbocycles. The van der Waals surface area contributed by atoms with Crippen LogP contribution < -0.4 is 10.9 Å². The van der Waals surface area contributed by atoms with Gasteiger partial charge in [0, 0.05) is 37.3 Å². The standard InChI is InChI=1S/C24H30N4O3S/c1-17-12-19-14-20(23(29)26-22(19)13-18(17)2)16-28(6-5-27-7-10-30-11-8-27)24(32)25-15-21-4-3-9-31-21/h3-4,9,12-14H,5-8,10-11,15-16H2,1-2H3,(H,25,32)(H,26,29). The lowest BCUT2D eigenvalue weighted by Gasteiger charge is -2.31. The van der Waals surface area contributed by atoms with Crippen LogP contribution >= 0.6 is 12.2 Å². The van der Waals surface area contributed by atoms with Crippen LogP contribution in [0, 0.1) is 13.8 Å². The van der Waals surface area contributed by atoms with Gasteiger partial charge in [-0.15, -0.1) is 0 Å². The van der Waals surface area contributed by atoms with Crippen LogP contribution in [0.3, 0.4) is 0 Å².